The Morgan fingerprint density at radius 1 is 1.22 bits per heavy atom. The van der Waals surface area contributed by atoms with Gasteiger partial charge >= 0.3 is 0 Å². The van der Waals surface area contributed by atoms with E-state index in [4.69, 9.17) is 9.47 Å². The molecule has 0 aliphatic carbocycles. The number of carbonyl (C=O) groups excluding carboxylic acids is 1. The summed E-state index contributed by atoms with van der Waals surface area (Å²) in [4.78, 5) is 16.5. The Labute approximate surface area is 158 Å². The monoisotopic (exact) mass is 383 g/mol. The first-order valence-electron chi connectivity index (χ1n) is 8.06. The normalized spacial score (nSPS) is 12.5. The maximum absolute atomic E-state index is 13.1. The number of amides is 1. The predicted molar refractivity (Wildman–Crippen MR) is 101 cm³/mol. The number of hydrogen-bond acceptors (Lipinski definition) is 6. The van der Waals surface area contributed by atoms with Crippen LogP contribution in [0.15, 0.2) is 52.9 Å². The number of anilines is 1. The maximum atomic E-state index is 13.1. The highest BCUT2D eigenvalue weighted by Crippen LogP contribution is 2.32. The third-order valence-corrected chi connectivity index (χ3v) is 4.65. The number of hydrazone groups is 1. The van der Waals surface area contributed by atoms with Crippen molar-refractivity contribution in [3.63, 3.8) is 0 Å². The predicted octanol–water partition coefficient (Wildman–Crippen LogP) is 4.06. The summed E-state index contributed by atoms with van der Waals surface area (Å²) in [6.45, 7) is 1.61. The quantitative estimate of drug-likeness (QED) is 0.503. The number of aromatic nitrogens is 1. The minimum absolute atomic E-state index is 0.195. The molecule has 1 aliphatic heterocycles. The van der Waals surface area contributed by atoms with Crippen molar-refractivity contribution in [2.45, 2.75) is 6.92 Å². The lowest BCUT2D eigenvalue weighted by atomic mass is 10.2. The highest BCUT2D eigenvalue weighted by molar-refractivity contribution is 7.14. The van der Waals surface area contributed by atoms with Crippen LogP contribution in [0.4, 0.5) is 9.52 Å². The van der Waals surface area contributed by atoms with Crippen molar-refractivity contribution in [1.29, 1.82) is 0 Å². The van der Waals surface area contributed by atoms with E-state index in [2.05, 4.69) is 10.1 Å². The van der Waals surface area contributed by atoms with E-state index in [1.165, 1.54) is 35.4 Å². The standard InChI is InChI=1S/C19H14FN3O3S/c1-12(24)23(21-9-13-2-7-17-18(8-13)26-11-25-17)19-22-16(10-27-19)14-3-5-15(20)6-4-14/h2-10H,11H2,1H3. The van der Waals surface area contributed by atoms with Gasteiger partial charge in [0.2, 0.25) is 17.8 Å². The van der Waals surface area contributed by atoms with Gasteiger partial charge in [-0.15, -0.1) is 11.3 Å². The Bertz CT molecular complexity index is 1020. The second-order valence-electron chi connectivity index (χ2n) is 5.71. The van der Waals surface area contributed by atoms with Gasteiger partial charge in [-0.05, 0) is 48.0 Å². The molecule has 8 heteroatoms. The number of ether oxygens (including phenoxy) is 2. The van der Waals surface area contributed by atoms with Gasteiger partial charge < -0.3 is 9.47 Å². The van der Waals surface area contributed by atoms with Gasteiger partial charge in [-0.3, -0.25) is 4.79 Å². The van der Waals surface area contributed by atoms with Crippen molar-refractivity contribution >= 4 is 28.6 Å². The molecule has 4 rings (SSSR count). The lowest BCUT2D eigenvalue weighted by Crippen LogP contribution is -2.22. The van der Waals surface area contributed by atoms with Gasteiger partial charge in [-0.25, -0.2) is 9.37 Å². The van der Waals surface area contributed by atoms with Crippen LogP contribution in [0, 0.1) is 5.82 Å². The minimum atomic E-state index is -0.312. The molecule has 1 amide bonds. The van der Waals surface area contributed by atoms with Crippen LogP contribution in [0.3, 0.4) is 0 Å². The number of hydrogen-bond donors (Lipinski definition) is 0. The molecular weight excluding hydrogens is 369 g/mol. The van der Waals surface area contributed by atoms with Crippen molar-refractivity contribution in [3.05, 3.63) is 59.2 Å². The highest BCUT2D eigenvalue weighted by Gasteiger charge is 2.16. The molecule has 0 atom stereocenters. The van der Waals surface area contributed by atoms with E-state index >= 15 is 0 Å². The van der Waals surface area contributed by atoms with E-state index < -0.39 is 0 Å². The van der Waals surface area contributed by atoms with Crippen LogP contribution < -0.4 is 14.5 Å². The van der Waals surface area contributed by atoms with Crippen LogP contribution in [0.25, 0.3) is 11.3 Å². The van der Waals surface area contributed by atoms with E-state index in [0.717, 1.165) is 11.1 Å². The van der Waals surface area contributed by atoms with Crippen molar-refractivity contribution in [3.8, 4) is 22.8 Å². The fourth-order valence-electron chi connectivity index (χ4n) is 2.50. The third-order valence-electron chi connectivity index (χ3n) is 3.83. The summed E-state index contributed by atoms with van der Waals surface area (Å²) in [6.07, 6.45) is 1.56. The second-order valence-corrected chi connectivity index (χ2v) is 6.55. The number of carbonyl (C=O) groups is 1. The number of benzene rings is 2. The van der Waals surface area contributed by atoms with Crippen LogP contribution in [0.1, 0.15) is 12.5 Å². The summed E-state index contributed by atoms with van der Waals surface area (Å²) in [6, 6.07) is 11.4. The molecule has 1 aromatic heterocycles. The van der Waals surface area contributed by atoms with Crippen molar-refractivity contribution in [2.75, 3.05) is 11.8 Å². The first-order chi connectivity index (χ1) is 13.1. The van der Waals surface area contributed by atoms with Gasteiger partial charge in [0.25, 0.3) is 0 Å². The number of halogens is 1. The molecule has 0 saturated carbocycles. The molecule has 2 aromatic carbocycles. The Morgan fingerprint density at radius 2 is 2.00 bits per heavy atom. The molecule has 0 unspecified atom stereocenters. The topological polar surface area (TPSA) is 64.0 Å². The number of thiazole rings is 1. The molecule has 6 nitrogen and oxygen atoms in total. The third kappa shape index (κ3) is 3.65. The highest BCUT2D eigenvalue weighted by atomic mass is 32.1. The second kappa shape index (κ2) is 7.16. The molecular formula is C19H14FN3O3S. The average Bonchev–Trinajstić information content (AvgIpc) is 3.31. The summed E-state index contributed by atoms with van der Waals surface area (Å²) in [7, 11) is 0. The Balaban J connectivity index is 1.58. The molecule has 136 valence electrons. The molecule has 0 spiro atoms. The number of fused-ring (bicyclic) bond motifs is 1. The van der Waals surface area contributed by atoms with Crippen molar-refractivity contribution in [1.82, 2.24) is 4.98 Å². The summed E-state index contributed by atoms with van der Waals surface area (Å²) in [5, 5.41) is 7.71. The van der Waals surface area contributed by atoms with E-state index in [-0.39, 0.29) is 18.5 Å². The van der Waals surface area contributed by atoms with Crippen LogP contribution in [-0.2, 0) is 4.79 Å². The van der Waals surface area contributed by atoms with Gasteiger partial charge in [0.15, 0.2) is 11.5 Å². The van der Waals surface area contributed by atoms with Crippen LogP contribution in [0.5, 0.6) is 11.5 Å². The lowest BCUT2D eigenvalue weighted by Gasteiger charge is -2.10. The zero-order valence-electron chi connectivity index (χ0n) is 14.3. The molecule has 2 heterocycles. The fraction of sp³-hybridized carbons (Fsp3) is 0.105. The smallest absolute Gasteiger partial charge is 0.246 e. The minimum Gasteiger partial charge on any atom is -0.454 e. The van der Waals surface area contributed by atoms with E-state index in [9.17, 15) is 9.18 Å². The lowest BCUT2D eigenvalue weighted by molar-refractivity contribution is -0.116. The Kier molecular flexibility index (Phi) is 4.55. The van der Waals surface area contributed by atoms with Gasteiger partial charge in [-0.2, -0.15) is 10.1 Å². The molecule has 1 aliphatic rings. The molecule has 0 radical (unpaired) electrons. The summed E-state index contributed by atoms with van der Waals surface area (Å²) in [5.74, 6) is 0.737. The zero-order valence-corrected chi connectivity index (χ0v) is 15.1. The van der Waals surface area contributed by atoms with E-state index in [0.29, 0.717) is 22.3 Å². The molecule has 0 fully saturated rings. The largest absolute Gasteiger partial charge is 0.454 e. The molecule has 0 saturated heterocycles. The number of rotatable bonds is 4. The summed E-state index contributed by atoms with van der Waals surface area (Å²) < 4.78 is 23.7. The zero-order chi connectivity index (χ0) is 18.8. The SMILES string of the molecule is CC(=O)N(N=Cc1ccc2c(c1)OCO2)c1nc(-c2ccc(F)cc2)cs1. The van der Waals surface area contributed by atoms with Gasteiger partial charge in [0, 0.05) is 17.9 Å². The maximum Gasteiger partial charge on any atom is 0.246 e. The molecule has 0 bridgehead atoms. The van der Waals surface area contributed by atoms with Gasteiger partial charge in [0.05, 0.1) is 11.9 Å². The van der Waals surface area contributed by atoms with E-state index in [1.54, 1.807) is 35.9 Å². The van der Waals surface area contributed by atoms with Crippen molar-refractivity contribution < 1.29 is 18.7 Å². The summed E-state index contributed by atoms with van der Waals surface area (Å²) in [5.41, 5.74) is 2.18. The van der Waals surface area contributed by atoms with Crippen LogP contribution >= 0.6 is 11.3 Å². The first-order valence-corrected chi connectivity index (χ1v) is 8.94. The molecule has 27 heavy (non-hydrogen) atoms. The fourth-order valence-corrected chi connectivity index (χ4v) is 3.33. The van der Waals surface area contributed by atoms with Crippen molar-refractivity contribution in [2.24, 2.45) is 5.10 Å². The Morgan fingerprint density at radius 3 is 2.78 bits per heavy atom. The van der Waals surface area contributed by atoms with Gasteiger partial charge in [0.1, 0.15) is 5.82 Å². The number of nitrogens with zero attached hydrogens (tertiary/aromatic N) is 3. The van der Waals surface area contributed by atoms with E-state index in [1.807, 2.05) is 6.07 Å². The van der Waals surface area contributed by atoms with Crippen LogP contribution in [0.2, 0.25) is 0 Å². The molecule has 3 aromatic rings. The Hall–Kier alpha value is -3.26. The average molecular weight is 383 g/mol. The first kappa shape index (κ1) is 17.2. The van der Waals surface area contributed by atoms with Gasteiger partial charge in [-0.1, -0.05) is 0 Å². The van der Waals surface area contributed by atoms with Crippen LogP contribution in [-0.4, -0.2) is 23.9 Å². The molecule has 0 N–H and O–H groups in total. The summed E-state index contributed by atoms with van der Waals surface area (Å²) >= 11 is 1.28.